The molecule has 1 aliphatic rings. The van der Waals surface area contributed by atoms with Crippen LogP contribution in [0, 0.1) is 12.3 Å². The molecule has 1 saturated heterocycles. The minimum atomic E-state index is -0.201. The summed E-state index contributed by atoms with van der Waals surface area (Å²) in [6, 6.07) is 0.157. The van der Waals surface area contributed by atoms with Crippen molar-refractivity contribution in [2.24, 2.45) is 0 Å². The molecule has 0 aromatic carbocycles. The maximum atomic E-state index is 8.90. The molecule has 0 spiro atoms. The molecule has 1 aliphatic heterocycles. The first-order chi connectivity index (χ1) is 5.77. The summed E-state index contributed by atoms with van der Waals surface area (Å²) in [6.45, 7) is 0.289. The average molecular weight is 168 g/mol. The number of hydrogen-bond acceptors (Lipinski definition) is 3. The lowest BCUT2D eigenvalue weighted by Crippen LogP contribution is -2.27. The van der Waals surface area contributed by atoms with E-state index in [1.807, 2.05) is 7.85 Å². The second kappa shape index (κ2) is 4.51. The number of aliphatic hydroxyl groups excluding tert-OH is 1. The summed E-state index contributed by atoms with van der Waals surface area (Å²) in [5.74, 6) is 2.39. The SMILES string of the molecule is B[C@H]1C[C@@H](OCC#C)[C@@H](CO)O1. The van der Waals surface area contributed by atoms with E-state index in [0.29, 0.717) is 0 Å². The van der Waals surface area contributed by atoms with Gasteiger partial charge in [0.15, 0.2) is 0 Å². The van der Waals surface area contributed by atoms with Crippen LogP contribution >= 0.6 is 0 Å². The largest absolute Gasteiger partial charge is 0.394 e. The molecule has 0 aliphatic carbocycles. The molecule has 3 nitrogen and oxygen atoms in total. The second-order valence-corrected chi connectivity index (χ2v) is 2.96. The van der Waals surface area contributed by atoms with Crippen molar-refractivity contribution in [3.63, 3.8) is 0 Å². The average Bonchev–Trinajstić information content (AvgIpc) is 2.42. The quantitative estimate of drug-likeness (QED) is 0.422. The minimum Gasteiger partial charge on any atom is -0.394 e. The number of aliphatic hydroxyl groups is 1. The summed E-state index contributed by atoms with van der Waals surface area (Å²) < 4.78 is 10.7. The van der Waals surface area contributed by atoms with Crippen LogP contribution < -0.4 is 0 Å². The number of hydrogen-bond donors (Lipinski definition) is 1. The van der Waals surface area contributed by atoms with Crippen LogP contribution in [-0.2, 0) is 9.47 Å². The minimum absolute atomic E-state index is 0.000419. The molecule has 1 fully saturated rings. The van der Waals surface area contributed by atoms with Crippen LogP contribution in [0.15, 0.2) is 0 Å². The highest BCUT2D eigenvalue weighted by atomic mass is 16.6. The molecule has 0 radical (unpaired) electrons. The van der Waals surface area contributed by atoms with Gasteiger partial charge in [-0.3, -0.25) is 0 Å². The van der Waals surface area contributed by atoms with Gasteiger partial charge in [0.1, 0.15) is 20.6 Å². The van der Waals surface area contributed by atoms with E-state index >= 15 is 0 Å². The van der Waals surface area contributed by atoms with Crippen molar-refractivity contribution in [3.05, 3.63) is 0 Å². The first kappa shape index (κ1) is 9.59. The molecule has 1 heterocycles. The van der Waals surface area contributed by atoms with Gasteiger partial charge in [-0.1, -0.05) is 5.92 Å². The summed E-state index contributed by atoms with van der Waals surface area (Å²) in [7, 11) is 1.96. The van der Waals surface area contributed by atoms with Gasteiger partial charge in [-0.2, -0.15) is 0 Å². The van der Waals surface area contributed by atoms with Crippen LogP contribution in [0.25, 0.3) is 0 Å². The van der Waals surface area contributed by atoms with Gasteiger partial charge >= 0.3 is 0 Å². The third-order valence-electron chi connectivity index (χ3n) is 1.95. The van der Waals surface area contributed by atoms with Gasteiger partial charge in [-0.25, -0.2) is 0 Å². The maximum Gasteiger partial charge on any atom is 0.139 e. The van der Waals surface area contributed by atoms with E-state index in [4.69, 9.17) is 21.0 Å². The van der Waals surface area contributed by atoms with Gasteiger partial charge in [0.25, 0.3) is 0 Å². The van der Waals surface area contributed by atoms with Crippen LogP contribution in [0.3, 0.4) is 0 Å². The fraction of sp³-hybridized carbons (Fsp3) is 0.750. The number of rotatable bonds is 3. The van der Waals surface area contributed by atoms with Gasteiger partial charge in [0, 0.05) is 6.00 Å². The third-order valence-corrected chi connectivity index (χ3v) is 1.95. The third kappa shape index (κ3) is 2.24. The molecule has 0 amide bonds. The lowest BCUT2D eigenvalue weighted by atomic mass is 9.96. The van der Waals surface area contributed by atoms with Crippen LogP contribution in [0.1, 0.15) is 6.42 Å². The standard InChI is InChI=1S/C8H13BO3/c1-2-3-11-6-4-8(9)12-7(6)5-10/h1,6-8,10H,3-5,9H2/t6-,7-,8-/m1/s1. The molecule has 0 unspecified atom stereocenters. The highest BCUT2D eigenvalue weighted by molar-refractivity contribution is 6.11. The van der Waals surface area contributed by atoms with Crippen molar-refractivity contribution in [2.75, 3.05) is 13.2 Å². The smallest absolute Gasteiger partial charge is 0.139 e. The zero-order valence-electron chi connectivity index (χ0n) is 7.19. The predicted octanol–water partition coefficient (Wildman–Crippen LogP) is -1.25. The Morgan fingerprint density at radius 3 is 3.08 bits per heavy atom. The Kier molecular flexibility index (Phi) is 3.61. The normalized spacial score (nSPS) is 34.8. The van der Waals surface area contributed by atoms with Crippen LogP contribution in [-0.4, -0.2) is 44.4 Å². The fourth-order valence-electron chi connectivity index (χ4n) is 1.41. The molecule has 0 bridgehead atoms. The zero-order chi connectivity index (χ0) is 8.97. The monoisotopic (exact) mass is 168 g/mol. The van der Waals surface area contributed by atoms with Crippen LogP contribution in [0.2, 0.25) is 0 Å². The van der Waals surface area contributed by atoms with E-state index < -0.39 is 0 Å². The number of terminal acetylenes is 1. The van der Waals surface area contributed by atoms with E-state index in [1.54, 1.807) is 0 Å². The van der Waals surface area contributed by atoms with Crippen molar-refractivity contribution < 1.29 is 14.6 Å². The Balaban J connectivity index is 2.36. The van der Waals surface area contributed by atoms with Gasteiger partial charge in [-0.15, -0.1) is 6.42 Å². The Hall–Kier alpha value is -0.495. The molecule has 4 heteroatoms. The second-order valence-electron chi connectivity index (χ2n) is 2.96. The Bertz CT molecular complexity index is 178. The zero-order valence-corrected chi connectivity index (χ0v) is 7.19. The van der Waals surface area contributed by atoms with Gasteiger partial charge < -0.3 is 14.6 Å². The molecule has 0 aromatic rings. The number of ether oxygens (including phenoxy) is 2. The molecule has 1 N–H and O–H groups in total. The molecule has 0 saturated carbocycles. The molecular weight excluding hydrogens is 155 g/mol. The fourth-order valence-corrected chi connectivity index (χ4v) is 1.41. The molecule has 0 aromatic heterocycles. The Morgan fingerprint density at radius 1 is 1.75 bits per heavy atom. The summed E-state index contributed by atoms with van der Waals surface area (Å²) in [6.07, 6.45) is 5.62. The van der Waals surface area contributed by atoms with Crippen molar-refractivity contribution >= 4 is 7.85 Å². The molecule has 66 valence electrons. The predicted molar refractivity (Wildman–Crippen MR) is 47.5 cm³/mol. The lowest BCUT2D eigenvalue weighted by molar-refractivity contribution is -0.0284. The van der Waals surface area contributed by atoms with Crippen molar-refractivity contribution in [1.82, 2.24) is 0 Å². The first-order valence-electron chi connectivity index (χ1n) is 4.09. The van der Waals surface area contributed by atoms with Crippen LogP contribution in [0.4, 0.5) is 0 Å². The highest BCUT2D eigenvalue weighted by Gasteiger charge is 2.32. The molecule has 12 heavy (non-hydrogen) atoms. The summed E-state index contributed by atoms with van der Waals surface area (Å²) in [5.41, 5.74) is 0. The summed E-state index contributed by atoms with van der Waals surface area (Å²) in [4.78, 5) is 0. The van der Waals surface area contributed by atoms with Gasteiger partial charge in [-0.05, 0) is 6.42 Å². The Morgan fingerprint density at radius 2 is 2.50 bits per heavy atom. The summed E-state index contributed by atoms with van der Waals surface area (Å²) in [5, 5.41) is 8.90. The van der Waals surface area contributed by atoms with E-state index in [2.05, 4.69) is 5.92 Å². The Labute approximate surface area is 73.5 Å². The van der Waals surface area contributed by atoms with Gasteiger partial charge in [0.05, 0.1) is 12.7 Å². The van der Waals surface area contributed by atoms with Crippen molar-refractivity contribution in [1.29, 1.82) is 0 Å². The summed E-state index contributed by atoms with van der Waals surface area (Å²) >= 11 is 0. The van der Waals surface area contributed by atoms with Crippen LogP contribution in [0.5, 0.6) is 0 Å². The van der Waals surface area contributed by atoms with Crippen molar-refractivity contribution in [2.45, 2.75) is 24.6 Å². The van der Waals surface area contributed by atoms with Crippen molar-refractivity contribution in [3.8, 4) is 12.3 Å². The molecular formula is C8H13BO3. The highest BCUT2D eigenvalue weighted by Crippen LogP contribution is 2.20. The van der Waals surface area contributed by atoms with E-state index in [1.165, 1.54) is 0 Å². The van der Waals surface area contributed by atoms with E-state index in [-0.39, 0.29) is 31.4 Å². The lowest BCUT2D eigenvalue weighted by Gasteiger charge is -2.14. The van der Waals surface area contributed by atoms with Gasteiger partial charge in [0.2, 0.25) is 0 Å². The maximum absolute atomic E-state index is 8.90. The van der Waals surface area contributed by atoms with E-state index in [0.717, 1.165) is 6.42 Å². The molecule has 3 atom stereocenters. The van der Waals surface area contributed by atoms with E-state index in [9.17, 15) is 0 Å². The first-order valence-corrected chi connectivity index (χ1v) is 4.09. The molecule has 1 rings (SSSR count). The topological polar surface area (TPSA) is 38.7 Å².